The first-order chi connectivity index (χ1) is 8.16. The van der Waals surface area contributed by atoms with Gasteiger partial charge in [0, 0.05) is 33.2 Å². The number of likely N-dealkylation sites (N-methyl/N-ethyl adjacent to an activating group) is 2. The van der Waals surface area contributed by atoms with E-state index >= 15 is 0 Å². The number of hydrogen-bond acceptors (Lipinski definition) is 3. The van der Waals surface area contributed by atoms with Crippen molar-refractivity contribution in [2.75, 3.05) is 40.3 Å². The van der Waals surface area contributed by atoms with Crippen LogP contribution in [0.3, 0.4) is 0 Å². The molecule has 0 aromatic carbocycles. The molecule has 1 unspecified atom stereocenters. The van der Waals surface area contributed by atoms with Gasteiger partial charge in [-0.15, -0.1) is 0 Å². The van der Waals surface area contributed by atoms with E-state index in [4.69, 9.17) is 0 Å². The quantitative estimate of drug-likeness (QED) is 0.781. The average molecular weight is 239 g/mol. The van der Waals surface area contributed by atoms with Gasteiger partial charge in [0.2, 0.25) is 5.91 Å². The van der Waals surface area contributed by atoms with E-state index < -0.39 is 0 Å². The fourth-order valence-corrected chi connectivity index (χ4v) is 3.00. The van der Waals surface area contributed by atoms with Gasteiger partial charge in [-0.05, 0) is 25.8 Å². The molecule has 1 heterocycles. The highest BCUT2D eigenvalue weighted by molar-refractivity contribution is 5.82. The van der Waals surface area contributed by atoms with Gasteiger partial charge in [0.05, 0.1) is 6.04 Å². The molecule has 0 spiro atoms. The molecule has 98 valence electrons. The van der Waals surface area contributed by atoms with Gasteiger partial charge < -0.3 is 15.1 Å². The Labute approximate surface area is 104 Å². The van der Waals surface area contributed by atoms with Crippen molar-refractivity contribution in [1.29, 1.82) is 0 Å². The number of rotatable bonds is 3. The Hall–Kier alpha value is -0.610. The van der Waals surface area contributed by atoms with Crippen LogP contribution >= 0.6 is 0 Å². The second-order valence-electron chi connectivity index (χ2n) is 5.64. The molecule has 0 radical (unpaired) electrons. The fraction of sp³-hybridized carbons (Fsp3) is 0.923. The van der Waals surface area contributed by atoms with Crippen LogP contribution in [0.4, 0.5) is 0 Å². The molecule has 0 aromatic heterocycles. The summed E-state index contributed by atoms with van der Waals surface area (Å²) in [7, 11) is 4.04. The molecule has 1 saturated carbocycles. The van der Waals surface area contributed by atoms with Gasteiger partial charge in [-0.2, -0.15) is 0 Å². The molecule has 0 aromatic rings. The van der Waals surface area contributed by atoms with E-state index in [1.165, 1.54) is 25.7 Å². The van der Waals surface area contributed by atoms with Gasteiger partial charge in [0.1, 0.15) is 0 Å². The molecule has 0 bridgehead atoms. The molecule has 1 atom stereocenters. The highest BCUT2D eigenvalue weighted by Gasteiger charge is 2.27. The van der Waals surface area contributed by atoms with Crippen molar-refractivity contribution in [3.05, 3.63) is 0 Å². The van der Waals surface area contributed by atoms with Crippen LogP contribution in [-0.4, -0.2) is 62.0 Å². The summed E-state index contributed by atoms with van der Waals surface area (Å²) in [6.45, 7) is 3.74. The summed E-state index contributed by atoms with van der Waals surface area (Å²) in [6, 6.07) is 0.000142. The lowest BCUT2D eigenvalue weighted by molar-refractivity contribution is -0.133. The Balaban J connectivity index is 1.81. The minimum Gasteiger partial charge on any atom is -0.344 e. The van der Waals surface area contributed by atoms with Crippen molar-refractivity contribution < 1.29 is 4.79 Å². The molecule has 1 aliphatic carbocycles. The molecule has 1 N–H and O–H groups in total. The van der Waals surface area contributed by atoms with E-state index in [1.807, 2.05) is 11.9 Å². The monoisotopic (exact) mass is 239 g/mol. The van der Waals surface area contributed by atoms with Crippen LogP contribution in [0, 0.1) is 5.92 Å². The molecular formula is C13H25N3O. The lowest BCUT2D eigenvalue weighted by Gasteiger charge is -2.33. The first kappa shape index (κ1) is 12.8. The van der Waals surface area contributed by atoms with E-state index in [9.17, 15) is 4.79 Å². The third-order valence-electron chi connectivity index (χ3n) is 4.06. The summed E-state index contributed by atoms with van der Waals surface area (Å²) >= 11 is 0. The van der Waals surface area contributed by atoms with Crippen LogP contribution < -0.4 is 5.32 Å². The topological polar surface area (TPSA) is 35.6 Å². The maximum absolute atomic E-state index is 12.3. The van der Waals surface area contributed by atoms with Gasteiger partial charge >= 0.3 is 0 Å². The first-order valence-corrected chi connectivity index (χ1v) is 6.83. The SMILES string of the molecule is CN1CCNC(C(=O)N(C)CC2CCCC2)C1. The standard InChI is InChI=1S/C13H25N3O/c1-15-8-7-14-12(10-15)13(17)16(2)9-11-5-3-4-6-11/h11-12,14H,3-10H2,1-2H3. The van der Waals surface area contributed by atoms with E-state index in [-0.39, 0.29) is 11.9 Å². The minimum absolute atomic E-state index is 0.000142. The number of carbonyl (C=O) groups is 1. The fourth-order valence-electron chi connectivity index (χ4n) is 3.00. The van der Waals surface area contributed by atoms with Crippen LogP contribution in [-0.2, 0) is 4.79 Å². The van der Waals surface area contributed by atoms with E-state index in [0.717, 1.165) is 32.1 Å². The second-order valence-corrected chi connectivity index (χ2v) is 5.64. The predicted octanol–water partition coefficient (Wildman–Crippen LogP) is 0.539. The molecule has 4 nitrogen and oxygen atoms in total. The second kappa shape index (κ2) is 5.83. The molecule has 17 heavy (non-hydrogen) atoms. The van der Waals surface area contributed by atoms with Crippen molar-refractivity contribution in [2.45, 2.75) is 31.7 Å². The third kappa shape index (κ3) is 3.42. The van der Waals surface area contributed by atoms with Crippen LogP contribution in [0.25, 0.3) is 0 Å². The average Bonchev–Trinajstić information content (AvgIpc) is 2.80. The largest absolute Gasteiger partial charge is 0.344 e. The number of carbonyl (C=O) groups excluding carboxylic acids is 1. The third-order valence-corrected chi connectivity index (χ3v) is 4.06. The lowest BCUT2D eigenvalue weighted by Crippen LogP contribution is -2.56. The minimum atomic E-state index is 0.000142. The highest BCUT2D eigenvalue weighted by Crippen LogP contribution is 2.25. The zero-order chi connectivity index (χ0) is 12.3. The molecule has 2 fully saturated rings. The molecule has 4 heteroatoms. The molecule has 2 aliphatic rings. The number of piperazine rings is 1. The van der Waals surface area contributed by atoms with Gasteiger partial charge in [-0.1, -0.05) is 12.8 Å². The normalized spacial score (nSPS) is 27.3. The maximum atomic E-state index is 12.3. The molecule has 1 amide bonds. The highest BCUT2D eigenvalue weighted by atomic mass is 16.2. The Morgan fingerprint density at radius 1 is 1.41 bits per heavy atom. The zero-order valence-electron chi connectivity index (χ0n) is 11.1. The Morgan fingerprint density at radius 3 is 2.76 bits per heavy atom. The van der Waals surface area contributed by atoms with Crippen molar-refractivity contribution in [3.8, 4) is 0 Å². The predicted molar refractivity (Wildman–Crippen MR) is 68.9 cm³/mol. The van der Waals surface area contributed by atoms with Crippen molar-refractivity contribution in [2.24, 2.45) is 5.92 Å². The van der Waals surface area contributed by atoms with Gasteiger partial charge in [0.15, 0.2) is 0 Å². The number of nitrogens with zero attached hydrogens (tertiary/aromatic N) is 2. The first-order valence-electron chi connectivity index (χ1n) is 6.83. The Kier molecular flexibility index (Phi) is 4.40. The summed E-state index contributed by atoms with van der Waals surface area (Å²) in [5.41, 5.74) is 0. The van der Waals surface area contributed by atoms with Crippen LogP contribution in [0.15, 0.2) is 0 Å². The smallest absolute Gasteiger partial charge is 0.240 e. The van der Waals surface area contributed by atoms with Crippen LogP contribution in [0.5, 0.6) is 0 Å². The van der Waals surface area contributed by atoms with Crippen LogP contribution in [0.1, 0.15) is 25.7 Å². The summed E-state index contributed by atoms with van der Waals surface area (Å²) in [6.07, 6.45) is 5.29. The summed E-state index contributed by atoms with van der Waals surface area (Å²) in [5, 5.41) is 3.32. The molecular weight excluding hydrogens is 214 g/mol. The zero-order valence-corrected chi connectivity index (χ0v) is 11.1. The molecule has 1 aliphatic heterocycles. The van der Waals surface area contributed by atoms with Crippen molar-refractivity contribution >= 4 is 5.91 Å². The molecule has 1 saturated heterocycles. The molecule has 2 rings (SSSR count). The van der Waals surface area contributed by atoms with Crippen molar-refractivity contribution in [1.82, 2.24) is 15.1 Å². The van der Waals surface area contributed by atoms with Gasteiger partial charge in [-0.25, -0.2) is 0 Å². The van der Waals surface area contributed by atoms with E-state index in [2.05, 4.69) is 17.3 Å². The number of amides is 1. The van der Waals surface area contributed by atoms with Crippen LogP contribution in [0.2, 0.25) is 0 Å². The lowest BCUT2D eigenvalue weighted by atomic mass is 10.1. The summed E-state index contributed by atoms with van der Waals surface area (Å²) in [4.78, 5) is 16.4. The number of nitrogens with one attached hydrogen (secondary N) is 1. The van der Waals surface area contributed by atoms with Gasteiger partial charge in [0.25, 0.3) is 0 Å². The number of hydrogen-bond donors (Lipinski definition) is 1. The maximum Gasteiger partial charge on any atom is 0.240 e. The van der Waals surface area contributed by atoms with Gasteiger partial charge in [-0.3, -0.25) is 4.79 Å². The van der Waals surface area contributed by atoms with E-state index in [1.54, 1.807) is 0 Å². The summed E-state index contributed by atoms with van der Waals surface area (Å²) in [5.74, 6) is 1.01. The van der Waals surface area contributed by atoms with Crippen molar-refractivity contribution in [3.63, 3.8) is 0 Å². The Morgan fingerprint density at radius 2 is 2.12 bits per heavy atom. The summed E-state index contributed by atoms with van der Waals surface area (Å²) < 4.78 is 0. The van der Waals surface area contributed by atoms with E-state index in [0.29, 0.717) is 0 Å². The Bertz CT molecular complexity index is 263.